The number of carboxylic acids is 1. The summed E-state index contributed by atoms with van der Waals surface area (Å²) in [7, 11) is 0. The second-order valence-corrected chi connectivity index (χ2v) is 3.41. The highest BCUT2D eigenvalue weighted by Gasteiger charge is 2.12. The van der Waals surface area contributed by atoms with Gasteiger partial charge in [0.05, 0.1) is 5.92 Å². The fourth-order valence-electron chi connectivity index (χ4n) is 1.30. The third-order valence-electron chi connectivity index (χ3n) is 2.15. The lowest BCUT2D eigenvalue weighted by molar-refractivity contribution is -0.141. The number of fused-ring (bicyclic) bond motifs is 1. The number of hydrogen-bond acceptors (Lipinski definition) is 4. The van der Waals surface area contributed by atoms with Gasteiger partial charge in [0.25, 0.3) is 5.78 Å². The number of carboxylic acid groups (broad SMARTS) is 1. The Bertz CT molecular complexity index is 494. The summed E-state index contributed by atoms with van der Waals surface area (Å²) in [5.74, 6) is -0.719. The molecule has 1 N–H and O–H groups in total. The topological polar surface area (TPSA) is 80.4 Å². The Morgan fingerprint density at radius 1 is 1.60 bits per heavy atom. The summed E-state index contributed by atoms with van der Waals surface area (Å²) in [5.41, 5.74) is 0.836. The van der Waals surface area contributed by atoms with Crippen LogP contribution in [0.2, 0.25) is 0 Å². The molecule has 0 spiro atoms. The summed E-state index contributed by atoms with van der Waals surface area (Å²) >= 11 is 0. The van der Waals surface area contributed by atoms with E-state index in [1.807, 2.05) is 0 Å². The van der Waals surface area contributed by atoms with E-state index in [4.69, 9.17) is 5.11 Å². The van der Waals surface area contributed by atoms with Gasteiger partial charge in [0.15, 0.2) is 0 Å². The van der Waals surface area contributed by atoms with Crippen LogP contribution in [0.5, 0.6) is 0 Å². The van der Waals surface area contributed by atoms with E-state index >= 15 is 0 Å². The van der Waals surface area contributed by atoms with Gasteiger partial charge in [-0.1, -0.05) is 6.92 Å². The predicted molar refractivity (Wildman–Crippen MR) is 51.3 cm³/mol. The first kappa shape index (κ1) is 9.57. The van der Waals surface area contributed by atoms with Gasteiger partial charge in [0.1, 0.15) is 6.33 Å². The lowest BCUT2D eigenvalue weighted by Crippen LogP contribution is -2.12. The Morgan fingerprint density at radius 2 is 2.40 bits per heavy atom. The number of aliphatic carboxylic acids is 1. The first-order valence-corrected chi connectivity index (χ1v) is 4.54. The minimum absolute atomic E-state index is 0.423. The average molecular weight is 206 g/mol. The molecule has 0 saturated carbocycles. The summed E-state index contributed by atoms with van der Waals surface area (Å²) in [5, 5.41) is 12.7. The van der Waals surface area contributed by atoms with Gasteiger partial charge in [0, 0.05) is 12.4 Å². The smallest absolute Gasteiger partial charge is 0.306 e. The Labute approximate surface area is 85.6 Å². The number of rotatable bonds is 3. The fourth-order valence-corrected chi connectivity index (χ4v) is 1.30. The molecule has 1 unspecified atom stereocenters. The van der Waals surface area contributed by atoms with E-state index in [1.54, 1.807) is 19.3 Å². The van der Waals surface area contributed by atoms with Crippen LogP contribution in [0.4, 0.5) is 0 Å². The third-order valence-corrected chi connectivity index (χ3v) is 2.15. The van der Waals surface area contributed by atoms with Gasteiger partial charge in [-0.05, 0) is 12.0 Å². The van der Waals surface area contributed by atoms with Gasteiger partial charge in [-0.2, -0.15) is 10.1 Å². The second-order valence-electron chi connectivity index (χ2n) is 3.41. The molecule has 0 saturated heterocycles. The van der Waals surface area contributed by atoms with Crippen LogP contribution >= 0.6 is 0 Å². The molecule has 15 heavy (non-hydrogen) atoms. The Balaban J connectivity index is 2.24. The van der Waals surface area contributed by atoms with Crippen LogP contribution in [0.3, 0.4) is 0 Å². The molecule has 0 aliphatic heterocycles. The summed E-state index contributed by atoms with van der Waals surface area (Å²) in [6.07, 6.45) is 5.23. The summed E-state index contributed by atoms with van der Waals surface area (Å²) in [6.45, 7) is 1.66. The molecule has 6 nitrogen and oxygen atoms in total. The first-order valence-electron chi connectivity index (χ1n) is 4.54. The molecule has 2 aromatic rings. The lowest BCUT2D eigenvalue weighted by Gasteiger charge is -2.05. The molecule has 0 aliphatic rings. The number of hydrogen-bond donors (Lipinski definition) is 1. The van der Waals surface area contributed by atoms with E-state index in [2.05, 4.69) is 15.1 Å². The van der Waals surface area contributed by atoms with Crippen molar-refractivity contribution >= 4 is 11.7 Å². The molecule has 1 atom stereocenters. The van der Waals surface area contributed by atoms with Crippen molar-refractivity contribution in [3.8, 4) is 0 Å². The van der Waals surface area contributed by atoms with Crippen molar-refractivity contribution in [3.63, 3.8) is 0 Å². The Morgan fingerprint density at radius 3 is 3.13 bits per heavy atom. The predicted octanol–water partition coefficient (Wildman–Crippen LogP) is 0.387. The molecule has 2 heterocycles. The molecule has 0 amide bonds. The minimum atomic E-state index is -0.811. The average Bonchev–Trinajstić information content (AvgIpc) is 2.64. The van der Waals surface area contributed by atoms with E-state index in [-0.39, 0.29) is 0 Å². The Kier molecular flexibility index (Phi) is 2.32. The molecule has 0 bridgehead atoms. The molecule has 2 aromatic heterocycles. The fraction of sp³-hybridized carbons (Fsp3) is 0.333. The number of carbonyl (C=O) groups is 1. The van der Waals surface area contributed by atoms with E-state index in [9.17, 15) is 4.79 Å². The van der Waals surface area contributed by atoms with Crippen molar-refractivity contribution in [3.05, 3.63) is 24.3 Å². The molecule has 0 aliphatic carbocycles. The standard InChI is InChI=1S/C9H10N4O2/c1-6(8(14)15)2-7-3-10-9-11-5-12-13(9)4-7/h3-6H,2H2,1H3,(H,14,15). The van der Waals surface area contributed by atoms with Gasteiger partial charge in [-0.3, -0.25) is 4.79 Å². The Hall–Kier alpha value is -1.98. The van der Waals surface area contributed by atoms with Gasteiger partial charge >= 0.3 is 5.97 Å². The van der Waals surface area contributed by atoms with Crippen molar-refractivity contribution in [1.29, 1.82) is 0 Å². The van der Waals surface area contributed by atoms with Gasteiger partial charge < -0.3 is 5.11 Å². The quantitative estimate of drug-likeness (QED) is 0.785. The molecule has 0 fully saturated rings. The summed E-state index contributed by atoms with van der Waals surface area (Å²) in [4.78, 5) is 18.6. The highest BCUT2D eigenvalue weighted by molar-refractivity contribution is 5.69. The summed E-state index contributed by atoms with van der Waals surface area (Å²) in [6, 6.07) is 0. The monoisotopic (exact) mass is 206 g/mol. The minimum Gasteiger partial charge on any atom is -0.481 e. The third kappa shape index (κ3) is 1.93. The van der Waals surface area contributed by atoms with E-state index < -0.39 is 11.9 Å². The van der Waals surface area contributed by atoms with Crippen LogP contribution in [-0.2, 0) is 11.2 Å². The van der Waals surface area contributed by atoms with Crippen molar-refractivity contribution in [1.82, 2.24) is 19.6 Å². The molecule has 6 heteroatoms. The number of nitrogens with zero attached hydrogens (tertiary/aromatic N) is 4. The van der Waals surface area contributed by atoms with Crippen molar-refractivity contribution in [2.24, 2.45) is 5.92 Å². The highest BCUT2D eigenvalue weighted by atomic mass is 16.4. The van der Waals surface area contributed by atoms with Gasteiger partial charge in [-0.25, -0.2) is 9.50 Å². The van der Waals surface area contributed by atoms with Crippen LogP contribution in [0.25, 0.3) is 5.78 Å². The van der Waals surface area contributed by atoms with Gasteiger partial charge in [0.2, 0.25) is 0 Å². The molecular weight excluding hydrogens is 196 g/mol. The van der Waals surface area contributed by atoms with Crippen LogP contribution < -0.4 is 0 Å². The maximum atomic E-state index is 10.7. The highest BCUT2D eigenvalue weighted by Crippen LogP contribution is 2.07. The second kappa shape index (κ2) is 3.64. The largest absolute Gasteiger partial charge is 0.481 e. The lowest BCUT2D eigenvalue weighted by atomic mass is 10.0. The zero-order chi connectivity index (χ0) is 10.8. The SMILES string of the molecule is CC(Cc1cnc2ncnn2c1)C(=O)O. The van der Waals surface area contributed by atoms with Crippen LogP contribution in [0.15, 0.2) is 18.7 Å². The van der Waals surface area contributed by atoms with Crippen LogP contribution in [-0.4, -0.2) is 30.7 Å². The zero-order valence-electron chi connectivity index (χ0n) is 8.16. The normalized spacial score (nSPS) is 12.9. The van der Waals surface area contributed by atoms with Crippen molar-refractivity contribution in [2.45, 2.75) is 13.3 Å². The van der Waals surface area contributed by atoms with E-state index in [0.29, 0.717) is 12.2 Å². The van der Waals surface area contributed by atoms with Crippen molar-refractivity contribution in [2.75, 3.05) is 0 Å². The maximum absolute atomic E-state index is 10.7. The number of aromatic nitrogens is 4. The van der Waals surface area contributed by atoms with Crippen LogP contribution in [0.1, 0.15) is 12.5 Å². The van der Waals surface area contributed by atoms with E-state index in [0.717, 1.165) is 5.56 Å². The van der Waals surface area contributed by atoms with Crippen molar-refractivity contribution < 1.29 is 9.90 Å². The maximum Gasteiger partial charge on any atom is 0.306 e. The van der Waals surface area contributed by atoms with Crippen LogP contribution in [0, 0.1) is 5.92 Å². The van der Waals surface area contributed by atoms with Gasteiger partial charge in [-0.15, -0.1) is 0 Å². The molecule has 2 rings (SSSR count). The zero-order valence-corrected chi connectivity index (χ0v) is 8.16. The first-order chi connectivity index (χ1) is 7.16. The summed E-state index contributed by atoms with van der Waals surface area (Å²) < 4.78 is 1.53. The molecule has 78 valence electrons. The molecule has 0 aromatic carbocycles. The molecule has 0 radical (unpaired) electrons. The molecular formula is C9H10N4O2. The van der Waals surface area contributed by atoms with E-state index in [1.165, 1.54) is 10.8 Å².